The summed E-state index contributed by atoms with van der Waals surface area (Å²) in [5.74, 6) is -1.01. The molecule has 2 aromatic carbocycles. The third kappa shape index (κ3) is 4.40. The van der Waals surface area contributed by atoms with Crippen LogP contribution in [0.2, 0.25) is 5.15 Å². The van der Waals surface area contributed by atoms with Gasteiger partial charge in [-0.1, -0.05) is 60.1 Å². The third-order valence-corrected chi connectivity index (χ3v) is 4.67. The number of aryl methyl sites for hydroxylation is 1. The minimum absolute atomic E-state index is 0.174. The number of hydrogen-bond donors (Lipinski definition) is 0. The van der Waals surface area contributed by atoms with Gasteiger partial charge in [0.05, 0.1) is 12.2 Å². The van der Waals surface area contributed by atoms with Crippen LogP contribution in [0.25, 0.3) is 0 Å². The molecule has 3 rings (SSSR count). The normalized spacial score (nSPS) is 10.5. The van der Waals surface area contributed by atoms with E-state index in [1.54, 1.807) is 30.8 Å². The van der Waals surface area contributed by atoms with Crippen LogP contribution in [-0.2, 0) is 16.1 Å². The lowest BCUT2D eigenvalue weighted by Gasteiger charge is -2.17. The van der Waals surface area contributed by atoms with Crippen molar-refractivity contribution in [3.8, 4) is 0 Å². The maximum atomic E-state index is 12.5. The van der Waals surface area contributed by atoms with Crippen LogP contribution in [0.3, 0.4) is 0 Å². The molecule has 6 nitrogen and oxygen atoms in total. The Kier molecular flexibility index (Phi) is 6.11. The molecule has 0 spiro atoms. The van der Waals surface area contributed by atoms with Crippen LogP contribution in [0.1, 0.15) is 21.6 Å². The van der Waals surface area contributed by atoms with Gasteiger partial charge >= 0.3 is 5.97 Å². The maximum Gasteiger partial charge on any atom is 0.343 e. The van der Waals surface area contributed by atoms with E-state index in [0.29, 0.717) is 17.9 Å². The third-order valence-electron chi connectivity index (χ3n) is 4.29. The second-order valence-corrected chi connectivity index (χ2v) is 6.62. The minimum atomic E-state index is -0.670. The number of carbonyl (C=O) groups is 2. The van der Waals surface area contributed by atoms with Crippen LogP contribution < -0.4 is 4.90 Å². The number of likely N-dealkylation sites (N-methyl/N-ethyl adjacent to an activating group) is 1. The first kappa shape index (κ1) is 19.6. The first-order valence-electron chi connectivity index (χ1n) is 8.73. The van der Waals surface area contributed by atoms with Crippen LogP contribution in [0.15, 0.2) is 60.7 Å². The average Bonchev–Trinajstić information content (AvgIpc) is 2.99. The van der Waals surface area contributed by atoms with Crippen LogP contribution in [0, 0.1) is 6.92 Å². The number of anilines is 1. The zero-order valence-corrected chi connectivity index (χ0v) is 16.4. The molecule has 3 aromatic rings. The number of aromatic nitrogens is 2. The molecule has 28 heavy (non-hydrogen) atoms. The molecule has 0 atom stereocenters. The standard InChI is InChI=1S/C21H20ClN3O3/c1-15-19(20(22)25(23-15)13-16-9-5-3-6-10-16)21(27)28-14-18(26)24(2)17-11-7-4-8-12-17/h3-12H,13-14H2,1-2H3. The molecule has 0 fully saturated rings. The fraction of sp³-hybridized carbons (Fsp3) is 0.190. The molecular weight excluding hydrogens is 378 g/mol. The Morgan fingerprint density at radius 2 is 1.68 bits per heavy atom. The molecule has 0 bridgehead atoms. The Labute approximate surface area is 168 Å². The second-order valence-electron chi connectivity index (χ2n) is 6.26. The minimum Gasteiger partial charge on any atom is -0.452 e. The highest BCUT2D eigenvalue weighted by Gasteiger charge is 2.23. The average molecular weight is 398 g/mol. The summed E-state index contributed by atoms with van der Waals surface area (Å²) in [4.78, 5) is 26.2. The van der Waals surface area contributed by atoms with Crippen LogP contribution in [-0.4, -0.2) is 35.3 Å². The second kappa shape index (κ2) is 8.71. The van der Waals surface area contributed by atoms with Crippen molar-refractivity contribution in [1.29, 1.82) is 0 Å². The highest BCUT2D eigenvalue weighted by molar-refractivity contribution is 6.32. The van der Waals surface area contributed by atoms with E-state index in [1.807, 2.05) is 48.5 Å². The van der Waals surface area contributed by atoms with Gasteiger partial charge in [0.1, 0.15) is 10.7 Å². The molecule has 0 N–H and O–H groups in total. The number of carbonyl (C=O) groups excluding carboxylic acids is 2. The van der Waals surface area contributed by atoms with Crippen molar-refractivity contribution in [3.63, 3.8) is 0 Å². The first-order chi connectivity index (χ1) is 13.5. The fourth-order valence-corrected chi connectivity index (χ4v) is 3.05. The van der Waals surface area contributed by atoms with Gasteiger partial charge in [-0.05, 0) is 24.6 Å². The van der Waals surface area contributed by atoms with Crippen molar-refractivity contribution in [1.82, 2.24) is 9.78 Å². The molecule has 0 radical (unpaired) electrons. The summed E-state index contributed by atoms with van der Waals surface area (Å²) in [5.41, 5.74) is 2.35. The molecule has 0 aliphatic carbocycles. The SMILES string of the molecule is Cc1nn(Cc2ccccc2)c(Cl)c1C(=O)OCC(=O)N(C)c1ccccc1. The molecule has 1 heterocycles. The molecular formula is C21H20ClN3O3. The molecule has 1 aromatic heterocycles. The summed E-state index contributed by atoms with van der Waals surface area (Å²) in [6, 6.07) is 18.8. The van der Waals surface area contributed by atoms with E-state index in [1.165, 1.54) is 4.90 Å². The van der Waals surface area contributed by atoms with Crippen molar-refractivity contribution < 1.29 is 14.3 Å². The Hall–Kier alpha value is -3.12. The van der Waals surface area contributed by atoms with E-state index in [2.05, 4.69) is 5.10 Å². The Morgan fingerprint density at radius 1 is 1.07 bits per heavy atom. The molecule has 144 valence electrons. The van der Waals surface area contributed by atoms with Crippen molar-refractivity contribution in [2.75, 3.05) is 18.6 Å². The lowest BCUT2D eigenvalue weighted by atomic mass is 10.2. The molecule has 1 amide bonds. The topological polar surface area (TPSA) is 64.4 Å². The van der Waals surface area contributed by atoms with Crippen molar-refractivity contribution >= 4 is 29.2 Å². The van der Waals surface area contributed by atoms with E-state index in [4.69, 9.17) is 16.3 Å². The summed E-state index contributed by atoms with van der Waals surface area (Å²) < 4.78 is 6.73. The summed E-state index contributed by atoms with van der Waals surface area (Å²) >= 11 is 6.35. The van der Waals surface area contributed by atoms with Gasteiger partial charge in [0.15, 0.2) is 6.61 Å². The largest absolute Gasteiger partial charge is 0.452 e. The zero-order chi connectivity index (χ0) is 20.1. The zero-order valence-electron chi connectivity index (χ0n) is 15.6. The van der Waals surface area contributed by atoms with E-state index in [-0.39, 0.29) is 23.2 Å². The fourth-order valence-electron chi connectivity index (χ4n) is 2.74. The van der Waals surface area contributed by atoms with Gasteiger partial charge in [-0.3, -0.25) is 4.79 Å². The molecule has 0 unspecified atom stereocenters. The first-order valence-corrected chi connectivity index (χ1v) is 9.10. The molecule has 0 saturated carbocycles. The van der Waals surface area contributed by atoms with E-state index in [9.17, 15) is 9.59 Å². The number of para-hydroxylation sites is 1. The molecule has 0 saturated heterocycles. The number of hydrogen-bond acceptors (Lipinski definition) is 4. The number of halogens is 1. The van der Waals surface area contributed by atoms with E-state index in [0.717, 1.165) is 5.56 Å². The highest BCUT2D eigenvalue weighted by Crippen LogP contribution is 2.22. The molecule has 0 aliphatic heterocycles. The van der Waals surface area contributed by atoms with Crippen LogP contribution in [0.5, 0.6) is 0 Å². The summed E-state index contributed by atoms with van der Waals surface area (Å²) in [5, 5.41) is 4.51. The number of rotatable bonds is 6. The number of esters is 1. The Balaban J connectivity index is 1.67. The van der Waals surface area contributed by atoms with Gasteiger partial charge in [0, 0.05) is 12.7 Å². The maximum absolute atomic E-state index is 12.5. The van der Waals surface area contributed by atoms with Gasteiger partial charge in [-0.15, -0.1) is 0 Å². The predicted octanol–water partition coefficient (Wildman–Crippen LogP) is 3.71. The number of ether oxygens (including phenoxy) is 1. The van der Waals surface area contributed by atoms with Gasteiger partial charge in [-0.2, -0.15) is 5.10 Å². The Bertz CT molecular complexity index is 971. The number of nitrogens with zero attached hydrogens (tertiary/aromatic N) is 3. The van der Waals surface area contributed by atoms with Crippen molar-refractivity contribution in [2.24, 2.45) is 0 Å². The Morgan fingerprint density at radius 3 is 2.32 bits per heavy atom. The van der Waals surface area contributed by atoms with Gasteiger partial charge in [0.2, 0.25) is 0 Å². The van der Waals surface area contributed by atoms with Crippen molar-refractivity contribution in [3.05, 3.63) is 82.6 Å². The summed E-state index contributed by atoms with van der Waals surface area (Å²) in [6.07, 6.45) is 0. The summed E-state index contributed by atoms with van der Waals surface area (Å²) in [6.45, 7) is 1.73. The lowest BCUT2D eigenvalue weighted by molar-refractivity contribution is -0.121. The molecule has 0 aliphatic rings. The van der Waals surface area contributed by atoms with Gasteiger partial charge < -0.3 is 9.64 Å². The van der Waals surface area contributed by atoms with E-state index < -0.39 is 5.97 Å². The van der Waals surface area contributed by atoms with Gasteiger partial charge in [0.25, 0.3) is 5.91 Å². The monoisotopic (exact) mass is 397 g/mol. The van der Waals surface area contributed by atoms with Gasteiger partial charge in [-0.25, -0.2) is 9.48 Å². The van der Waals surface area contributed by atoms with Crippen LogP contribution in [0.4, 0.5) is 5.69 Å². The summed E-state index contributed by atoms with van der Waals surface area (Å²) in [7, 11) is 1.63. The molecule has 7 heteroatoms. The van der Waals surface area contributed by atoms with Crippen LogP contribution >= 0.6 is 11.6 Å². The number of amides is 1. The number of benzene rings is 2. The highest BCUT2D eigenvalue weighted by atomic mass is 35.5. The lowest BCUT2D eigenvalue weighted by Crippen LogP contribution is -2.31. The predicted molar refractivity (Wildman–Crippen MR) is 108 cm³/mol. The van der Waals surface area contributed by atoms with E-state index >= 15 is 0 Å². The quantitative estimate of drug-likeness (QED) is 0.595. The smallest absolute Gasteiger partial charge is 0.343 e. The van der Waals surface area contributed by atoms with Crippen molar-refractivity contribution in [2.45, 2.75) is 13.5 Å².